The van der Waals surface area contributed by atoms with Crippen molar-refractivity contribution in [3.8, 4) is 5.82 Å². The highest BCUT2D eigenvalue weighted by Crippen LogP contribution is 2.18. The van der Waals surface area contributed by atoms with Crippen molar-refractivity contribution in [3.63, 3.8) is 0 Å². The smallest absolute Gasteiger partial charge is 0.191 e. The molecule has 0 saturated heterocycles. The minimum Gasteiger partial charge on any atom is -0.370 e. The number of hydrogen-bond donors (Lipinski definition) is 1. The molecule has 0 bridgehead atoms. The number of nitrogens with zero attached hydrogens (tertiary/aromatic N) is 4. The molecule has 0 saturated carbocycles. The average molecular weight is 277 g/mol. The fourth-order valence-electron chi connectivity index (χ4n) is 1.67. The maximum absolute atomic E-state index is 4.55. The van der Waals surface area contributed by atoms with Crippen molar-refractivity contribution in [1.82, 2.24) is 19.7 Å². The van der Waals surface area contributed by atoms with Crippen molar-refractivity contribution in [2.75, 3.05) is 18.1 Å². The summed E-state index contributed by atoms with van der Waals surface area (Å²) < 4.78 is 1.80. The highest BCUT2D eigenvalue weighted by atomic mass is 32.2. The third-order valence-corrected chi connectivity index (χ3v) is 3.22. The van der Waals surface area contributed by atoms with Crippen LogP contribution in [0.15, 0.2) is 23.5 Å². The van der Waals surface area contributed by atoms with Crippen LogP contribution < -0.4 is 5.32 Å². The van der Waals surface area contributed by atoms with Crippen molar-refractivity contribution in [2.24, 2.45) is 0 Å². The number of anilines is 1. The number of aromatic nitrogens is 4. The summed E-state index contributed by atoms with van der Waals surface area (Å²) in [5, 5.41) is 8.51. The Morgan fingerprint density at radius 3 is 2.74 bits per heavy atom. The molecule has 0 spiro atoms. The van der Waals surface area contributed by atoms with Gasteiger partial charge in [-0.3, -0.25) is 0 Å². The van der Waals surface area contributed by atoms with Crippen LogP contribution in [0.1, 0.15) is 32.4 Å². The lowest BCUT2D eigenvalue weighted by molar-refractivity contribution is 0.746. The van der Waals surface area contributed by atoms with Gasteiger partial charge >= 0.3 is 0 Å². The van der Waals surface area contributed by atoms with E-state index in [1.54, 1.807) is 4.68 Å². The minimum atomic E-state index is 0.413. The van der Waals surface area contributed by atoms with E-state index >= 15 is 0 Å². The second-order valence-electron chi connectivity index (χ2n) is 4.47. The molecule has 2 aromatic heterocycles. The Hall–Kier alpha value is -1.56. The molecule has 1 N–H and O–H groups in total. The third-order valence-electron chi connectivity index (χ3n) is 2.67. The summed E-state index contributed by atoms with van der Waals surface area (Å²) in [5.74, 6) is 2.04. The molecule has 0 aliphatic rings. The number of thioether (sulfide) groups is 1. The molecule has 2 rings (SSSR count). The summed E-state index contributed by atoms with van der Waals surface area (Å²) in [5.41, 5.74) is 1.06. The number of nitrogens with one attached hydrogen (secondary N) is 1. The van der Waals surface area contributed by atoms with Crippen LogP contribution in [0.5, 0.6) is 0 Å². The topological polar surface area (TPSA) is 55.6 Å². The molecule has 6 heteroatoms. The van der Waals surface area contributed by atoms with Gasteiger partial charge < -0.3 is 5.32 Å². The van der Waals surface area contributed by atoms with Crippen LogP contribution in [-0.4, -0.2) is 32.5 Å². The van der Waals surface area contributed by atoms with Gasteiger partial charge in [-0.15, -0.1) is 0 Å². The van der Waals surface area contributed by atoms with Crippen LogP contribution in [0.25, 0.3) is 5.82 Å². The molecule has 0 amide bonds. The molecule has 5 nitrogen and oxygen atoms in total. The first kappa shape index (κ1) is 13.9. The van der Waals surface area contributed by atoms with Gasteiger partial charge in [0.2, 0.25) is 0 Å². The first-order valence-electron chi connectivity index (χ1n) is 6.37. The van der Waals surface area contributed by atoms with E-state index in [9.17, 15) is 0 Å². The molecular weight excluding hydrogens is 258 g/mol. The van der Waals surface area contributed by atoms with Gasteiger partial charge in [0.25, 0.3) is 0 Å². The SMILES string of the molecule is CCNc1cc(-n2ccc(C(C)C)n2)nc(SC)n1. The average Bonchev–Trinajstić information content (AvgIpc) is 2.88. The second-order valence-corrected chi connectivity index (χ2v) is 5.24. The minimum absolute atomic E-state index is 0.413. The van der Waals surface area contributed by atoms with E-state index in [0.29, 0.717) is 5.92 Å². The number of hydrogen-bond acceptors (Lipinski definition) is 5. The van der Waals surface area contributed by atoms with Gasteiger partial charge in [-0.25, -0.2) is 14.6 Å². The highest BCUT2D eigenvalue weighted by Gasteiger charge is 2.08. The fraction of sp³-hybridized carbons (Fsp3) is 0.462. The largest absolute Gasteiger partial charge is 0.370 e. The van der Waals surface area contributed by atoms with E-state index in [0.717, 1.165) is 29.0 Å². The van der Waals surface area contributed by atoms with Gasteiger partial charge in [0.15, 0.2) is 11.0 Å². The van der Waals surface area contributed by atoms with E-state index in [4.69, 9.17) is 0 Å². The molecule has 0 atom stereocenters. The molecule has 0 aromatic carbocycles. The molecule has 102 valence electrons. The second kappa shape index (κ2) is 6.06. The Kier molecular flexibility index (Phi) is 4.42. The molecule has 0 unspecified atom stereocenters. The molecule has 0 radical (unpaired) electrons. The van der Waals surface area contributed by atoms with Crippen LogP contribution in [0, 0.1) is 0 Å². The Morgan fingerprint density at radius 2 is 2.16 bits per heavy atom. The van der Waals surface area contributed by atoms with Gasteiger partial charge in [0, 0.05) is 18.8 Å². The third kappa shape index (κ3) is 3.26. The quantitative estimate of drug-likeness (QED) is 0.672. The van der Waals surface area contributed by atoms with Gasteiger partial charge in [-0.2, -0.15) is 5.10 Å². The van der Waals surface area contributed by atoms with E-state index in [-0.39, 0.29) is 0 Å². The lowest BCUT2D eigenvalue weighted by atomic mass is 10.1. The highest BCUT2D eigenvalue weighted by molar-refractivity contribution is 7.98. The van der Waals surface area contributed by atoms with Crippen molar-refractivity contribution >= 4 is 17.6 Å². The van der Waals surface area contributed by atoms with Crippen LogP contribution in [0.3, 0.4) is 0 Å². The molecule has 2 aromatic rings. The van der Waals surface area contributed by atoms with Gasteiger partial charge in [-0.1, -0.05) is 25.6 Å². The van der Waals surface area contributed by atoms with E-state index in [2.05, 4.69) is 34.2 Å². The Morgan fingerprint density at radius 1 is 1.37 bits per heavy atom. The Bertz CT molecular complexity index is 550. The van der Waals surface area contributed by atoms with Crippen LogP contribution in [-0.2, 0) is 0 Å². The van der Waals surface area contributed by atoms with Crippen LogP contribution in [0.2, 0.25) is 0 Å². The molecule has 19 heavy (non-hydrogen) atoms. The van der Waals surface area contributed by atoms with Crippen LogP contribution >= 0.6 is 11.8 Å². The first-order chi connectivity index (χ1) is 9.13. The predicted molar refractivity (Wildman–Crippen MR) is 79.2 cm³/mol. The van der Waals surface area contributed by atoms with Crippen molar-refractivity contribution in [1.29, 1.82) is 0 Å². The maximum Gasteiger partial charge on any atom is 0.191 e. The maximum atomic E-state index is 4.55. The molecule has 2 heterocycles. The monoisotopic (exact) mass is 277 g/mol. The summed E-state index contributed by atoms with van der Waals surface area (Å²) >= 11 is 1.53. The zero-order chi connectivity index (χ0) is 13.8. The van der Waals surface area contributed by atoms with Crippen molar-refractivity contribution < 1.29 is 0 Å². The standard InChI is InChI=1S/C13H19N5S/c1-5-14-11-8-12(16-13(15-11)19-4)18-7-6-10(17-18)9(2)3/h6-9H,5H2,1-4H3,(H,14,15,16). The Labute approximate surface area is 117 Å². The normalized spacial score (nSPS) is 11.0. The zero-order valence-corrected chi connectivity index (χ0v) is 12.5. The van der Waals surface area contributed by atoms with Crippen molar-refractivity contribution in [2.45, 2.75) is 31.8 Å². The summed E-state index contributed by atoms with van der Waals surface area (Å²) in [6.45, 7) is 7.14. The van der Waals surface area contributed by atoms with E-state index in [1.165, 1.54) is 11.8 Å². The van der Waals surface area contributed by atoms with Crippen LogP contribution in [0.4, 0.5) is 5.82 Å². The van der Waals surface area contributed by atoms with Gasteiger partial charge in [0.1, 0.15) is 5.82 Å². The molecular formula is C13H19N5S. The van der Waals surface area contributed by atoms with E-state index in [1.807, 2.05) is 31.5 Å². The lowest BCUT2D eigenvalue weighted by Crippen LogP contribution is -2.06. The van der Waals surface area contributed by atoms with Crippen molar-refractivity contribution in [3.05, 3.63) is 24.0 Å². The predicted octanol–water partition coefficient (Wildman–Crippen LogP) is 2.94. The fourth-order valence-corrected chi connectivity index (χ4v) is 2.04. The first-order valence-corrected chi connectivity index (χ1v) is 7.59. The van der Waals surface area contributed by atoms with E-state index < -0.39 is 0 Å². The Balaban J connectivity index is 2.38. The lowest BCUT2D eigenvalue weighted by Gasteiger charge is -2.07. The zero-order valence-electron chi connectivity index (χ0n) is 11.7. The summed E-state index contributed by atoms with van der Waals surface area (Å²) in [6.07, 6.45) is 3.91. The summed E-state index contributed by atoms with van der Waals surface area (Å²) in [7, 11) is 0. The van der Waals surface area contributed by atoms with Gasteiger partial charge in [-0.05, 0) is 25.2 Å². The summed E-state index contributed by atoms with van der Waals surface area (Å²) in [6, 6.07) is 3.94. The molecule has 0 fully saturated rings. The molecule has 0 aliphatic heterocycles. The van der Waals surface area contributed by atoms with Gasteiger partial charge in [0.05, 0.1) is 5.69 Å². The number of rotatable bonds is 5. The summed E-state index contributed by atoms with van der Waals surface area (Å²) in [4.78, 5) is 8.90. The molecule has 0 aliphatic carbocycles.